The van der Waals surface area contributed by atoms with E-state index in [1.54, 1.807) is 0 Å². The third-order valence-electron chi connectivity index (χ3n) is 11.0. The molecule has 0 N–H and O–H groups in total. The molecule has 0 aliphatic heterocycles. The van der Waals surface area contributed by atoms with Gasteiger partial charge in [0.15, 0.2) is 0 Å². The van der Waals surface area contributed by atoms with E-state index >= 15 is 0 Å². The Morgan fingerprint density at radius 1 is 0.315 bits per heavy atom. The zero-order chi connectivity index (χ0) is 35.6. The normalized spacial score (nSPS) is 11.7. The molecule has 2 nitrogen and oxygen atoms in total. The maximum absolute atomic E-state index is 6.25. The molecule has 0 saturated heterocycles. The van der Waals surface area contributed by atoms with E-state index in [9.17, 15) is 0 Å². The van der Waals surface area contributed by atoms with Crippen LogP contribution in [0.4, 0.5) is 17.1 Å². The Hall–Kier alpha value is -7.16. The molecule has 0 unspecified atom stereocenters. The number of fused-ring (bicyclic) bond motifs is 9. The maximum Gasteiger partial charge on any atom is 0.136 e. The Labute approximate surface area is 312 Å². The van der Waals surface area contributed by atoms with Crippen LogP contribution in [0.25, 0.3) is 87.3 Å². The Morgan fingerprint density at radius 2 is 0.907 bits per heavy atom. The maximum atomic E-state index is 6.25. The van der Waals surface area contributed by atoms with Gasteiger partial charge in [0.1, 0.15) is 11.2 Å². The summed E-state index contributed by atoms with van der Waals surface area (Å²) in [6, 6.07) is 72.4. The Bertz CT molecular complexity index is 3230. The van der Waals surface area contributed by atoms with Crippen LogP contribution in [0, 0.1) is 0 Å². The highest BCUT2D eigenvalue weighted by molar-refractivity contribution is 6.15. The van der Waals surface area contributed by atoms with Gasteiger partial charge in [0.25, 0.3) is 0 Å². The van der Waals surface area contributed by atoms with Crippen LogP contribution in [-0.2, 0) is 0 Å². The first-order valence-electron chi connectivity index (χ1n) is 18.5. The summed E-state index contributed by atoms with van der Waals surface area (Å²) in [6.45, 7) is 0. The highest BCUT2D eigenvalue weighted by Crippen LogP contribution is 2.44. The number of hydrogen-bond donors (Lipinski definition) is 0. The summed E-state index contributed by atoms with van der Waals surface area (Å²) in [6.07, 6.45) is 0. The van der Waals surface area contributed by atoms with Gasteiger partial charge in [0.05, 0.1) is 5.69 Å². The number of para-hydroxylation sites is 1. The topological polar surface area (TPSA) is 16.4 Å². The molecule has 0 bridgehead atoms. The number of benzene rings is 10. The van der Waals surface area contributed by atoms with Gasteiger partial charge in [-0.25, -0.2) is 0 Å². The first-order valence-corrected chi connectivity index (χ1v) is 18.5. The molecule has 0 spiro atoms. The van der Waals surface area contributed by atoms with Crippen molar-refractivity contribution >= 4 is 82.1 Å². The molecule has 0 saturated carbocycles. The van der Waals surface area contributed by atoms with E-state index < -0.39 is 0 Å². The summed E-state index contributed by atoms with van der Waals surface area (Å²) in [7, 11) is 0. The average molecular weight is 688 g/mol. The van der Waals surface area contributed by atoms with Crippen molar-refractivity contribution < 1.29 is 4.42 Å². The lowest BCUT2D eigenvalue weighted by Gasteiger charge is -2.28. The van der Waals surface area contributed by atoms with Gasteiger partial charge in [-0.2, -0.15) is 0 Å². The predicted octanol–water partition coefficient (Wildman–Crippen LogP) is 15.0. The molecule has 0 aliphatic rings. The van der Waals surface area contributed by atoms with Crippen molar-refractivity contribution in [3.05, 3.63) is 200 Å². The molecule has 54 heavy (non-hydrogen) atoms. The molecule has 2 heteroatoms. The fourth-order valence-corrected chi connectivity index (χ4v) is 8.46. The van der Waals surface area contributed by atoms with E-state index in [0.29, 0.717) is 0 Å². The van der Waals surface area contributed by atoms with Crippen molar-refractivity contribution in [3.8, 4) is 22.3 Å². The second-order valence-corrected chi connectivity index (χ2v) is 14.1. The SMILES string of the molecule is c1cc(-c2ccc3ccc4ccccc4c3c2)cc(N(c2ccc(-c3cccc4oc5ccccc5c34)cc2)c2cc3ccccc3c3ccccc23)c1. The first-order chi connectivity index (χ1) is 26.8. The summed E-state index contributed by atoms with van der Waals surface area (Å²) in [5.41, 5.74) is 9.82. The van der Waals surface area contributed by atoms with Crippen molar-refractivity contribution in [2.45, 2.75) is 0 Å². The molecular formula is C52H33NO. The third kappa shape index (κ3) is 4.88. The second-order valence-electron chi connectivity index (χ2n) is 14.1. The molecule has 0 atom stereocenters. The van der Waals surface area contributed by atoms with Crippen LogP contribution in [0.15, 0.2) is 205 Å². The Kier molecular flexibility index (Phi) is 6.90. The third-order valence-corrected chi connectivity index (χ3v) is 11.0. The quantitative estimate of drug-likeness (QED) is 0.168. The lowest BCUT2D eigenvalue weighted by atomic mass is 9.96. The minimum absolute atomic E-state index is 0.903. The lowest BCUT2D eigenvalue weighted by molar-refractivity contribution is 0.669. The summed E-state index contributed by atoms with van der Waals surface area (Å²) in [5.74, 6) is 0. The number of hydrogen-bond acceptors (Lipinski definition) is 2. The van der Waals surface area contributed by atoms with E-state index in [-0.39, 0.29) is 0 Å². The highest BCUT2D eigenvalue weighted by atomic mass is 16.3. The number of rotatable bonds is 5. The summed E-state index contributed by atoms with van der Waals surface area (Å²) in [5, 5.41) is 12.2. The fourth-order valence-electron chi connectivity index (χ4n) is 8.46. The van der Waals surface area contributed by atoms with Crippen LogP contribution in [0.5, 0.6) is 0 Å². The van der Waals surface area contributed by atoms with Crippen LogP contribution in [0.3, 0.4) is 0 Å². The number of nitrogens with zero attached hydrogens (tertiary/aromatic N) is 1. The van der Waals surface area contributed by atoms with Crippen molar-refractivity contribution in [2.75, 3.05) is 4.90 Å². The first kappa shape index (κ1) is 30.5. The predicted molar refractivity (Wildman–Crippen MR) is 229 cm³/mol. The number of furan rings is 1. The van der Waals surface area contributed by atoms with Gasteiger partial charge in [-0.3, -0.25) is 0 Å². The minimum atomic E-state index is 0.903. The zero-order valence-corrected chi connectivity index (χ0v) is 29.4. The van der Waals surface area contributed by atoms with E-state index in [4.69, 9.17) is 4.42 Å². The minimum Gasteiger partial charge on any atom is -0.456 e. The van der Waals surface area contributed by atoms with Gasteiger partial charge >= 0.3 is 0 Å². The van der Waals surface area contributed by atoms with Crippen LogP contribution in [0.1, 0.15) is 0 Å². The van der Waals surface area contributed by atoms with Crippen LogP contribution < -0.4 is 4.90 Å². The summed E-state index contributed by atoms with van der Waals surface area (Å²) >= 11 is 0. The van der Waals surface area contributed by atoms with E-state index in [1.165, 1.54) is 54.2 Å². The largest absolute Gasteiger partial charge is 0.456 e. The Morgan fingerprint density at radius 3 is 1.74 bits per heavy atom. The van der Waals surface area contributed by atoms with Gasteiger partial charge in [-0.1, -0.05) is 152 Å². The van der Waals surface area contributed by atoms with Crippen LogP contribution >= 0.6 is 0 Å². The second kappa shape index (κ2) is 12.2. The molecule has 0 aliphatic carbocycles. The van der Waals surface area contributed by atoms with Crippen molar-refractivity contribution in [1.29, 1.82) is 0 Å². The van der Waals surface area contributed by atoms with Crippen molar-refractivity contribution in [2.24, 2.45) is 0 Å². The Balaban J connectivity index is 1.10. The molecule has 1 aromatic heterocycles. The fraction of sp³-hybridized carbons (Fsp3) is 0. The highest BCUT2D eigenvalue weighted by Gasteiger charge is 2.19. The van der Waals surface area contributed by atoms with Gasteiger partial charge in [0, 0.05) is 27.5 Å². The van der Waals surface area contributed by atoms with Crippen LogP contribution in [-0.4, -0.2) is 0 Å². The molecule has 11 aromatic rings. The van der Waals surface area contributed by atoms with E-state index in [1.807, 2.05) is 12.1 Å². The molecular weight excluding hydrogens is 655 g/mol. The number of anilines is 3. The van der Waals surface area contributed by atoms with Gasteiger partial charge in [-0.15, -0.1) is 0 Å². The molecule has 0 amide bonds. The van der Waals surface area contributed by atoms with Crippen LogP contribution in [0.2, 0.25) is 0 Å². The van der Waals surface area contributed by atoms with Crippen molar-refractivity contribution in [1.82, 2.24) is 0 Å². The molecule has 10 aromatic carbocycles. The average Bonchev–Trinajstić information content (AvgIpc) is 3.63. The van der Waals surface area contributed by atoms with Gasteiger partial charge in [-0.05, 0) is 108 Å². The summed E-state index contributed by atoms with van der Waals surface area (Å²) in [4.78, 5) is 2.42. The van der Waals surface area contributed by atoms with E-state index in [0.717, 1.165) is 50.1 Å². The van der Waals surface area contributed by atoms with Crippen molar-refractivity contribution in [3.63, 3.8) is 0 Å². The van der Waals surface area contributed by atoms with Gasteiger partial charge in [0.2, 0.25) is 0 Å². The standard InChI is InChI=1S/C52H33NO/c1-3-15-42-34(11-1)23-24-36-25-26-38(32-48(36)42)37-13-9-14-41(31-37)53(49-33-39-12-2-4-16-43(39)45-17-5-6-18-46(45)49)40-29-27-35(28-30-40)44-20-10-22-51-52(44)47-19-7-8-21-50(47)54-51/h1-33H. The summed E-state index contributed by atoms with van der Waals surface area (Å²) < 4.78 is 6.25. The molecule has 11 rings (SSSR count). The molecule has 0 radical (unpaired) electrons. The monoisotopic (exact) mass is 687 g/mol. The molecule has 0 fully saturated rings. The zero-order valence-electron chi connectivity index (χ0n) is 29.4. The smallest absolute Gasteiger partial charge is 0.136 e. The lowest BCUT2D eigenvalue weighted by Crippen LogP contribution is -2.10. The van der Waals surface area contributed by atoms with Gasteiger partial charge < -0.3 is 9.32 Å². The van der Waals surface area contributed by atoms with E-state index in [2.05, 4.69) is 193 Å². The molecule has 252 valence electrons. The molecule has 1 heterocycles.